The molecule has 150 valence electrons. The number of alkyl halides is 3. The van der Waals surface area contributed by atoms with E-state index < -0.39 is 6.36 Å². The standard InChI is InChI=1S/C20H20F3NO3S/c1-3-26-17-7-5-4-6-16(17)19-24(18(25)13(2)28-19)12-14-8-10-15(11-9-14)27-20(21,22)23/h4-11,13,19H,3,12H2,1-2H3. The summed E-state index contributed by atoms with van der Waals surface area (Å²) in [5, 5.41) is -0.441. The first-order valence-electron chi connectivity index (χ1n) is 8.81. The third-order valence-electron chi connectivity index (χ3n) is 4.24. The Morgan fingerprint density at radius 3 is 2.43 bits per heavy atom. The number of nitrogens with zero attached hydrogens (tertiary/aromatic N) is 1. The van der Waals surface area contributed by atoms with Gasteiger partial charge in [-0.25, -0.2) is 0 Å². The molecule has 28 heavy (non-hydrogen) atoms. The summed E-state index contributed by atoms with van der Waals surface area (Å²) in [6, 6.07) is 13.2. The Hall–Kier alpha value is -2.35. The third-order valence-corrected chi connectivity index (χ3v) is 5.62. The van der Waals surface area contributed by atoms with E-state index in [2.05, 4.69) is 4.74 Å². The molecule has 1 fully saturated rings. The van der Waals surface area contributed by atoms with Crippen LogP contribution in [0.2, 0.25) is 0 Å². The summed E-state index contributed by atoms with van der Waals surface area (Å²) >= 11 is 1.53. The van der Waals surface area contributed by atoms with Crippen molar-refractivity contribution in [2.45, 2.75) is 37.4 Å². The third kappa shape index (κ3) is 4.73. The van der Waals surface area contributed by atoms with Crippen LogP contribution in [0.1, 0.15) is 30.3 Å². The number of benzene rings is 2. The molecule has 1 aliphatic rings. The average molecular weight is 411 g/mol. The maximum Gasteiger partial charge on any atom is 0.573 e. The lowest BCUT2D eigenvalue weighted by Gasteiger charge is -2.26. The van der Waals surface area contributed by atoms with Gasteiger partial charge in [-0.3, -0.25) is 4.79 Å². The fraction of sp³-hybridized carbons (Fsp3) is 0.350. The Labute approximate surface area is 165 Å². The van der Waals surface area contributed by atoms with Gasteiger partial charge in [0.05, 0.1) is 11.9 Å². The molecule has 0 N–H and O–H groups in total. The smallest absolute Gasteiger partial charge is 0.493 e. The Kier molecular flexibility index (Phi) is 6.07. The molecule has 2 atom stereocenters. The molecule has 0 bridgehead atoms. The number of hydrogen-bond donors (Lipinski definition) is 0. The summed E-state index contributed by atoms with van der Waals surface area (Å²) in [4.78, 5) is 14.4. The molecule has 0 spiro atoms. The lowest BCUT2D eigenvalue weighted by Crippen LogP contribution is -2.30. The second kappa shape index (κ2) is 8.34. The zero-order chi connectivity index (χ0) is 20.3. The Morgan fingerprint density at radius 1 is 1.11 bits per heavy atom. The minimum atomic E-state index is -4.73. The van der Waals surface area contributed by atoms with Gasteiger partial charge in [0, 0.05) is 12.1 Å². The van der Waals surface area contributed by atoms with Crippen molar-refractivity contribution < 1.29 is 27.4 Å². The number of carbonyl (C=O) groups is 1. The van der Waals surface area contributed by atoms with Crippen LogP contribution in [0, 0.1) is 0 Å². The zero-order valence-electron chi connectivity index (χ0n) is 15.4. The molecule has 8 heteroatoms. The van der Waals surface area contributed by atoms with E-state index in [1.807, 2.05) is 38.1 Å². The fourth-order valence-electron chi connectivity index (χ4n) is 3.04. The van der Waals surface area contributed by atoms with Crippen LogP contribution in [0.25, 0.3) is 0 Å². The van der Waals surface area contributed by atoms with Crippen LogP contribution in [0.5, 0.6) is 11.5 Å². The highest BCUT2D eigenvalue weighted by Crippen LogP contribution is 2.46. The molecule has 0 aromatic heterocycles. The molecule has 1 heterocycles. The summed E-state index contributed by atoms with van der Waals surface area (Å²) in [6.45, 7) is 4.55. The van der Waals surface area contributed by atoms with E-state index in [0.29, 0.717) is 6.61 Å². The number of ether oxygens (including phenoxy) is 2. The number of para-hydroxylation sites is 1. The van der Waals surface area contributed by atoms with Crippen molar-refractivity contribution >= 4 is 17.7 Å². The summed E-state index contributed by atoms with van der Waals surface area (Å²) in [5.74, 6) is 0.422. The lowest BCUT2D eigenvalue weighted by atomic mass is 10.1. The van der Waals surface area contributed by atoms with Crippen molar-refractivity contribution in [3.05, 3.63) is 59.7 Å². The second-order valence-electron chi connectivity index (χ2n) is 6.26. The fourth-order valence-corrected chi connectivity index (χ4v) is 4.35. The monoisotopic (exact) mass is 411 g/mol. The van der Waals surface area contributed by atoms with Gasteiger partial charge in [0.15, 0.2) is 0 Å². The van der Waals surface area contributed by atoms with Crippen LogP contribution >= 0.6 is 11.8 Å². The summed E-state index contributed by atoms with van der Waals surface area (Å²) in [6.07, 6.45) is -4.73. The molecule has 2 aromatic carbocycles. The predicted octanol–water partition coefficient (Wildman–Crippen LogP) is 5.15. The first-order chi connectivity index (χ1) is 13.3. The molecule has 1 aliphatic heterocycles. The molecular formula is C20H20F3NO3S. The van der Waals surface area contributed by atoms with Gasteiger partial charge in [0.1, 0.15) is 16.9 Å². The second-order valence-corrected chi connectivity index (χ2v) is 7.69. The van der Waals surface area contributed by atoms with Crippen LogP contribution in [-0.2, 0) is 11.3 Å². The molecule has 4 nitrogen and oxygen atoms in total. The SMILES string of the molecule is CCOc1ccccc1C1SC(C)C(=O)N1Cc1ccc(OC(F)(F)F)cc1. The van der Waals surface area contributed by atoms with Gasteiger partial charge in [-0.2, -0.15) is 0 Å². The number of rotatable bonds is 6. The van der Waals surface area contributed by atoms with Crippen LogP contribution in [0.4, 0.5) is 13.2 Å². The summed E-state index contributed by atoms with van der Waals surface area (Å²) in [5.41, 5.74) is 1.63. The maximum atomic E-state index is 12.7. The largest absolute Gasteiger partial charge is 0.573 e. The lowest BCUT2D eigenvalue weighted by molar-refractivity contribution is -0.274. The first-order valence-corrected chi connectivity index (χ1v) is 9.75. The quantitative estimate of drug-likeness (QED) is 0.659. The molecule has 1 saturated heterocycles. The molecule has 0 aliphatic carbocycles. The Bertz CT molecular complexity index is 826. The van der Waals surface area contributed by atoms with E-state index in [1.54, 1.807) is 4.90 Å². The van der Waals surface area contributed by atoms with Crippen molar-refractivity contribution in [2.75, 3.05) is 6.61 Å². The minimum absolute atomic E-state index is 0.0167. The normalized spacial score (nSPS) is 19.8. The van der Waals surface area contributed by atoms with E-state index in [4.69, 9.17) is 4.74 Å². The van der Waals surface area contributed by atoms with Gasteiger partial charge in [-0.1, -0.05) is 30.3 Å². The van der Waals surface area contributed by atoms with E-state index in [9.17, 15) is 18.0 Å². The Balaban J connectivity index is 1.82. The van der Waals surface area contributed by atoms with Crippen LogP contribution < -0.4 is 9.47 Å². The van der Waals surface area contributed by atoms with Crippen molar-refractivity contribution in [1.82, 2.24) is 4.90 Å². The Morgan fingerprint density at radius 2 is 1.79 bits per heavy atom. The van der Waals surface area contributed by atoms with E-state index in [1.165, 1.54) is 36.0 Å². The van der Waals surface area contributed by atoms with E-state index in [0.717, 1.165) is 16.9 Å². The highest BCUT2D eigenvalue weighted by molar-refractivity contribution is 8.01. The van der Waals surface area contributed by atoms with Crippen molar-refractivity contribution in [1.29, 1.82) is 0 Å². The van der Waals surface area contributed by atoms with E-state index >= 15 is 0 Å². The van der Waals surface area contributed by atoms with Crippen LogP contribution in [0.3, 0.4) is 0 Å². The molecule has 3 rings (SSSR count). The summed E-state index contributed by atoms with van der Waals surface area (Å²) < 4.78 is 46.5. The molecular weight excluding hydrogens is 391 g/mol. The topological polar surface area (TPSA) is 38.8 Å². The molecule has 1 amide bonds. The van der Waals surface area contributed by atoms with Crippen LogP contribution in [-0.4, -0.2) is 29.0 Å². The minimum Gasteiger partial charge on any atom is -0.493 e. The number of carbonyl (C=O) groups excluding carboxylic acids is 1. The van der Waals surface area contributed by atoms with E-state index in [-0.39, 0.29) is 28.8 Å². The first kappa shape index (κ1) is 20.4. The number of hydrogen-bond acceptors (Lipinski definition) is 4. The van der Waals surface area contributed by atoms with Crippen molar-refractivity contribution in [3.8, 4) is 11.5 Å². The van der Waals surface area contributed by atoms with Crippen molar-refractivity contribution in [2.24, 2.45) is 0 Å². The van der Waals surface area contributed by atoms with Gasteiger partial charge in [-0.15, -0.1) is 24.9 Å². The molecule has 2 aromatic rings. The number of halogens is 3. The van der Waals surface area contributed by atoms with Gasteiger partial charge in [0.2, 0.25) is 5.91 Å². The van der Waals surface area contributed by atoms with Gasteiger partial charge in [-0.05, 0) is 37.6 Å². The average Bonchev–Trinajstić information content (AvgIpc) is 2.91. The maximum absolute atomic E-state index is 12.7. The highest BCUT2D eigenvalue weighted by atomic mass is 32.2. The van der Waals surface area contributed by atoms with Crippen molar-refractivity contribution in [3.63, 3.8) is 0 Å². The van der Waals surface area contributed by atoms with Gasteiger partial charge >= 0.3 is 6.36 Å². The number of amides is 1. The van der Waals surface area contributed by atoms with Crippen LogP contribution in [0.15, 0.2) is 48.5 Å². The highest BCUT2D eigenvalue weighted by Gasteiger charge is 2.39. The van der Waals surface area contributed by atoms with Gasteiger partial charge in [0.25, 0.3) is 0 Å². The molecule has 2 unspecified atom stereocenters. The summed E-state index contributed by atoms with van der Waals surface area (Å²) in [7, 11) is 0. The molecule has 0 saturated carbocycles. The number of thioether (sulfide) groups is 1. The zero-order valence-corrected chi connectivity index (χ0v) is 16.2. The van der Waals surface area contributed by atoms with Gasteiger partial charge < -0.3 is 14.4 Å². The molecule has 0 radical (unpaired) electrons. The predicted molar refractivity (Wildman–Crippen MR) is 101 cm³/mol.